The number of rotatable bonds is 3. The van der Waals surface area contributed by atoms with Gasteiger partial charge in [-0.15, -0.1) is 12.4 Å². The van der Waals surface area contributed by atoms with Crippen LogP contribution in [-0.2, 0) is 4.52 Å². The molecule has 0 amide bonds. The zero-order chi connectivity index (χ0) is 8.97. The van der Waals surface area contributed by atoms with Gasteiger partial charge in [-0.3, -0.25) is 0 Å². The second-order valence-electron chi connectivity index (χ2n) is 2.91. The average molecular weight is 219 g/mol. The Labute approximate surface area is 88.2 Å². The molecule has 74 valence electrons. The van der Waals surface area contributed by atoms with E-state index in [4.69, 9.17) is 4.52 Å². The minimum atomic E-state index is 0. The number of hydrogen-bond acceptors (Lipinski definition) is 1. The SMILES string of the molecule is CCOPc1cc(C)cc(C)c1.Cl. The van der Waals surface area contributed by atoms with Gasteiger partial charge in [0.1, 0.15) is 0 Å². The highest BCUT2D eigenvalue weighted by Crippen LogP contribution is 2.13. The zero-order valence-corrected chi connectivity index (χ0v) is 10.1. The maximum absolute atomic E-state index is 5.36. The Morgan fingerprint density at radius 2 is 1.69 bits per heavy atom. The Hall–Kier alpha value is -0.100. The van der Waals surface area contributed by atoms with Crippen molar-refractivity contribution in [2.24, 2.45) is 0 Å². The molecule has 0 fully saturated rings. The van der Waals surface area contributed by atoms with Crippen molar-refractivity contribution in [1.82, 2.24) is 0 Å². The van der Waals surface area contributed by atoms with Gasteiger partial charge in [-0.1, -0.05) is 17.2 Å². The molecule has 0 spiro atoms. The lowest BCUT2D eigenvalue weighted by Crippen LogP contribution is -1.97. The van der Waals surface area contributed by atoms with Crippen molar-refractivity contribution in [3.63, 3.8) is 0 Å². The molecule has 0 saturated carbocycles. The van der Waals surface area contributed by atoms with Crippen LogP contribution in [0.2, 0.25) is 0 Å². The summed E-state index contributed by atoms with van der Waals surface area (Å²) in [6.07, 6.45) is 0. The molecule has 13 heavy (non-hydrogen) atoms. The van der Waals surface area contributed by atoms with Crippen molar-refractivity contribution < 1.29 is 4.52 Å². The van der Waals surface area contributed by atoms with E-state index in [1.165, 1.54) is 16.4 Å². The summed E-state index contributed by atoms with van der Waals surface area (Å²) >= 11 is 0. The number of benzene rings is 1. The van der Waals surface area contributed by atoms with E-state index in [-0.39, 0.29) is 12.4 Å². The first-order valence-electron chi connectivity index (χ1n) is 4.18. The zero-order valence-electron chi connectivity index (χ0n) is 8.26. The molecule has 0 heterocycles. The largest absolute Gasteiger partial charge is 0.358 e. The van der Waals surface area contributed by atoms with Crippen LogP contribution in [0.4, 0.5) is 0 Å². The highest BCUT2D eigenvalue weighted by Gasteiger charge is 1.94. The number of hydrogen-bond donors (Lipinski definition) is 0. The Balaban J connectivity index is 0.00000144. The standard InChI is InChI=1S/C10H15OP.ClH/c1-4-11-12-10-6-8(2)5-9(3)7-10;/h5-7,12H,4H2,1-3H3;1H. The monoisotopic (exact) mass is 218 g/mol. The lowest BCUT2D eigenvalue weighted by atomic mass is 10.2. The van der Waals surface area contributed by atoms with Crippen molar-refractivity contribution in [3.05, 3.63) is 29.3 Å². The highest BCUT2D eigenvalue weighted by atomic mass is 35.5. The first kappa shape index (κ1) is 12.9. The van der Waals surface area contributed by atoms with Crippen LogP contribution in [0.15, 0.2) is 18.2 Å². The third kappa shape index (κ3) is 4.61. The molecule has 0 aliphatic rings. The van der Waals surface area contributed by atoms with Gasteiger partial charge in [-0.2, -0.15) is 0 Å². The van der Waals surface area contributed by atoms with Gasteiger partial charge in [0.15, 0.2) is 0 Å². The van der Waals surface area contributed by atoms with E-state index in [0.717, 1.165) is 6.61 Å². The predicted molar refractivity (Wildman–Crippen MR) is 62.7 cm³/mol. The van der Waals surface area contributed by atoms with Crippen molar-refractivity contribution in [1.29, 1.82) is 0 Å². The van der Waals surface area contributed by atoms with E-state index in [2.05, 4.69) is 32.0 Å². The molecule has 1 aromatic rings. The van der Waals surface area contributed by atoms with Gasteiger partial charge < -0.3 is 4.52 Å². The van der Waals surface area contributed by atoms with Gasteiger partial charge >= 0.3 is 0 Å². The molecule has 0 saturated heterocycles. The van der Waals surface area contributed by atoms with Crippen molar-refractivity contribution in [2.45, 2.75) is 20.8 Å². The smallest absolute Gasteiger partial charge is 0.0481 e. The Morgan fingerprint density at radius 3 is 2.15 bits per heavy atom. The van der Waals surface area contributed by atoms with Gasteiger partial charge in [0, 0.05) is 15.4 Å². The highest BCUT2D eigenvalue weighted by molar-refractivity contribution is 7.41. The molecule has 0 radical (unpaired) electrons. The van der Waals surface area contributed by atoms with Crippen LogP contribution in [-0.4, -0.2) is 6.61 Å². The minimum absolute atomic E-state index is 0. The van der Waals surface area contributed by atoms with E-state index in [1.54, 1.807) is 0 Å². The van der Waals surface area contributed by atoms with Gasteiger partial charge in [-0.25, -0.2) is 0 Å². The summed E-state index contributed by atoms with van der Waals surface area (Å²) in [7, 11) is 0.497. The number of halogens is 1. The summed E-state index contributed by atoms with van der Waals surface area (Å²) in [6, 6.07) is 6.54. The quantitative estimate of drug-likeness (QED) is 0.709. The molecule has 0 aromatic heterocycles. The third-order valence-electron chi connectivity index (χ3n) is 1.56. The van der Waals surface area contributed by atoms with Gasteiger partial charge in [0.25, 0.3) is 0 Å². The molecule has 1 nitrogen and oxygen atoms in total. The van der Waals surface area contributed by atoms with Crippen molar-refractivity contribution in [2.75, 3.05) is 6.61 Å². The van der Waals surface area contributed by atoms with Crippen LogP contribution in [0, 0.1) is 13.8 Å². The Morgan fingerprint density at radius 1 is 1.15 bits per heavy atom. The number of aryl methyl sites for hydroxylation is 2. The van der Waals surface area contributed by atoms with Gasteiger partial charge in [0.05, 0.1) is 0 Å². The lowest BCUT2D eigenvalue weighted by Gasteiger charge is -2.03. The van der Waals surface area contributed by atoms with Crippen LogP contribution in [0.1, 0.15) is 18.1 Å². The molecule has 1 atom stereocenters. The fourth-order valence-electron chi connectivity index (χ4n) is 1.19. The first-order valence-corrected chi connectivity index (χ1v) is 5.09. The second kappa shape index (κ2) is 6.37. The van der Waals surface area contributed by atoms with E-state index in [0.29, 0.717) is 8.81 Å². The third-order valence-corrected chi connectivity index (χ3v) is 2.51. The molecule has 0 N–H and O–H groups in total. The van der Waals surface area contributed by atoms with Crippen LogP contribution in [0.5, 0.6) is 0 Å². The summed E-state index contributed by atoms with van der Waals surface area (Å²) in [5.74, 6) is 0. The molecule has 0 aliphatic carbocycles. The summed E-state index contributed by atoms with van der Waals surface area (Å²) in [4.78, 5) is 0. The minimum Gasteiger partial charge on any atom is -0.358 e. The van der Waals surface area contributed by atoms with E-state index < -0.39 is 0 Å². The van der Waals surface area contributed by atoms with Crippen LogP contribution >= 0.6 is 21.2 Å². The fraction of sp³-hybridized carbons (Fsp3) is 0.400. The summed E-state index contributed by atoms with van der Waals surface area (Å²) in [6.45, 7) is 7.06. The van der Waals surface area contributed by atoms with Crippen molar-refractivity contribution >= 4 is 26.5 Å². The van der Waals surface area contributed by atoms with E-state index in [9.17, 15) is 0 Å². The normalized spacial score (nSPS) is 10.4. The molecule has 1 rings (SSSR count). The lowest BCUT2D eigenvalue weighted by molar-refractivity contribution is 0.394. The fourth-order valence-corrected chi connectivity index (χ4v) is 2.07. The van der Waals surface area contributed by atoms with Crippen molar-refractivity contribution in [3.8, 4) is 0 Å². The Kier molecular flexibility index (Phi) is 6.32. The summed E-state index contributed by atoms with van der Waals surface area (Å²) < 4.78 is 5.36. The predicted octanol–water partition coefficient (Wildman–Crippen LogP) is 2.98. The molecular weight excluding hydrogens is 203 g/mol. The van der Waals surface area contributed by atoms with Gasteiger partial charge in [-0.05, 0) is 38.2 Å². The van der Waals surface area contributed by atoms with E-state index >= 15 is 0 Å². The molecule has 0 aliphatic heterocycles. The second-order valence-corrected chi connectivity index (χ2v) is 3.98. The molecule has 1 aromatic carbocycles. The molecule has 3 heteroatoms. The topological polar surface area (TPSA) is 9.23 Å². The molecule has 0 bridgehead atoms. The van der Waals surface area contributed by atoms with Gasteiger partial charge in [0.2, 0.25) is 0 Å². The van der Waals surface area contributed by atoms with E-state index in [1.807, 2.05) is 6.92 Å². The average Bonchev–Trinajstić information content (AvgIpc) is 1.99. The molecule has 1 unspecified atom stereocenters. The van der Waals surface area contributed by atoms with Crippen LogP contribution < -0.4 is 5.30 Å². The summed E-state index contributed by atoms with van der Waals surface area (Å²) in [5.41, 5.74) is 2.63. The maximum Gasteiger partial charge on any atom is 0.0481 e. The Bertz CT molecular complexity index is 243. The summed E-state index contributed by atoms with van der Waals surface area (Å²) in [5, 5.41) is 1.30. The van der Waals surface area contributed by atoms with Crippen LogP contribution in [0.3, 0.4) is 0 Å². The van der Waals surface area contributed by atoms with Crippen LogP contribution in [0.25, 0.3) is 0 Å². The first-order chi connectivity index (χ1) is 5.72. The maximum atomic E-state index is 5.36. The molecular formula is C10H16ClOP.